The fraction of sp³-hybridized carbons (Fsp3) is 0.923. The van der Waals surface area contributed by atoms with Gasteiger partial charge in [0.05, 0.1) is 5.75 Å². The van der Waals surface area contributed by atoms with Crippen molar-refractivity contribution < 1.29 is 13.2 Å². The van der Waals surface area contributed by atoms with E-state index in [2.05, 4.69) is 10.6 Å². The van der Waals surface area contributed by atoms with Gasteiger partial charge in [0.1, 0.15) is 6.04 Å². The Kier molecular flexibility index (Phi) is 6.91. The van der Waals surface area contributed by atoms with Crippen LogP contribution in [0.1, 0.15) is 39.5 Å². The zero-order valence-electron chi connectivity index (χ0n) is 12.7. The highest BCUT2D eigenvalue weighted by Crippen LogP contribution is 2.21. The number of rotatable bonds is 7. The van der Waals surface area contributed by atoms with Crippen LogP contribution in [0.15, 0.2) is 0 Å². The molecule has 0 aliphatic carbocycles. The molecule has 1 amide bonds. The first-order chi connectivity index (χ1) is 9.42. The van der Waals surface area contributed by atoms with Crippen molar-refractivity contribution in [1.82, 2.24) is 14.9 Å². The quantitative estimate of drug-likeness (QED) is 0.709. The van der Waals surface area contributed by atoms with E-state index in [0.29, 0.717) is 25.9 Å². The maximum absolute atomic E-state index is 12.2. The molecule has 2 atom stereocenters. The van der Waals surface area contributed by atoms with Crippen LogP contribution in [-0.2, 0) is 14.8 Å². The van der Waals surface area contributed by atoms with E-state index in [9.17, 15) is 13.2 Å². The number of carbonyl (C=O) groups is 1. The molecule has 118 valence electrons. The molecule has 1 aliphatic rings. The molecule has 1 heterocycles. The number of piperidine rings is 1. The normalized spacial score (nSPS) is 22.4. The number of likely N-dealkylation sites (N-methyl/N-ethyl adjacent to an activating group) is 1. The van der Waals surface area contributed by atoms with Crippen molar-refractivity contribution in [3.05, 3.63) is 0 Å². The van der Waals surface area contributed by atoms with Crippen LogP contribution in [0.3, 0.4) is 0 Å². The van der Waals surface area contributed by atoms with Gasteiger partial charge in [-0.1, -0.05) is 13.3 Å². The summed E-state index contributed by atoms with van der Waals surface area (Å²) in [4.78, 5) is 12.2. The van der Waals surface area contributed by atoms with Gasteiger partial charge < -0.3 is 10.6 Å². The molecule has 2 unspecified atom stereocenters. The molecule has 2 N–H and O–H groups in total. The minimum atomic E-state index is -3.31. The number of nitrogens with zero attached hydrogens (tertiary/aromatic N) is 1. The van der Waals surface area contributed by atoms with Crippen molar-refractivity contribution in [1.29, 1.82) is 0 Å². The fourth-order valence-corrected chi connectivity index (χ4v) is 4.10. The Morgan fingerprint density at radius 1 is 1.40 bits per heavy atom. The van der Waals surface area contributed by atoms with Crippen LogP contribution in [0.2, 0.25) is 0 Å². The largest absolute Gasteiger partial charge is 0.353 e. The molecule has 0 aromatic rings. The van der Waals surface area contributed by atoms with E-state index >= 15 is 0 Å². The van der Waals surface area contributed by atoms with Gasteiger partial charge in [0.2, 0.25) is 15.9 Å². The van der Waals surface area contributed by atoms with E-state index in [1.807, 2.05) is 20.9 Å². The third-order valence-corrected chi connectivity index (χ3v) is 5.73. The molecule has 0 bridgehead atoms. The molecule has 1 fully saturated rings. The standard InChI is InChI=1S/C13H27N3O3S/c1-4-9-20(18,19)16-8-6-5-7-12(16)13(17)15-10-11(2)14-3/h11-12,14H,4-10H2,1-3H3,(H,15,17). The molecule has 0 aromatic carbocycles. The third-order valence-electron chi connectivity index (χ3n) is 3.65. The topological polar surface area (TPSA) is 78.5 Å². The predicted molar refractivity (Wildman–Crippen MR) is 80.0 cm³/mol. The van der Waals surface area contributed by atoms with Crippen LogP contribution < -0.4 is 10.6 Å². The van der Waals surface area contributed by atoms with Gasteiger partial charge in [-0.25, -0.2) is 8.42 Å². The summed E-state index contributed by atoms with van der Waals surface area (Å²) in [6.07, 6.45) is 2.92. The molecule has 20 heavy (non-hydrogen) atoms. The molecule has 1 rings (SSSR count). The Bertz CT molecular complexity index is 411. The lowest BCUT2D eigenvalue weighted by Gasteiger charge is -2.33. The molecule has 0 saturated carbocycles. The van der Waals surface area contributed by atoms with Crippen LogP contribution in [0.25, 0.3) is 0 Å². The minimum absolute atomic E-state index is 0.115. The predicted octanol–water partition coefficient (Wildman–Crippen LogP) is 0.305. The fourth-order valence-electron chi connectivity index (χ4n) is 2.35. The van der Waals surface area contributed by atoms with E-state index in [4.69, 9.17) is 0 Å². The first-order valence-electron chi connectivity index (χ1n) is 7.36. The van der Waals surface area contributed by atoms with Crippen molar-refractivity contribution in [2.75, 3.05) is 25.9 Å². The number of hydrogen-bond acceptors (Lipinski definition) is 4. The smallest absolute Gasteiger partial charge is 0.238 e. The van der Waals surface area contributed by atoms with Crippen molar-refractivity contribution in [3.63, 3.8) is 0 Å². The van der Waals surface area contributed by atoms with Gasteiger partial charge in [-0.2, -0.15) is 4.31 Å². The summed E-state index contributed by atoms with van der Waals surface area (Å²) in [5.41, 5.74) is 0. The highest BCUT2D eigenvalue weighted by molar-refractivity contribution is 7.89. The van der Waals surface area contributed by atoms with Gasteiger partial charge in [-0.05, 0) is 33.2 Å². The van der Waals surface area contributed by atoms with Gasteiger partial charge in [-0.15, -0.1) is 0 Å². The second kappa shape index (κ2) is 7.95. The molecule has 1 aliphatic heterocycles. The van der Waals surface area contributed by atoms with Gasteiger partial charge in [0.15, 0.2) is 0 Å². The number of sulfonamides is 1. The Labute approximate surface area is 122 Å². The zero-order valence-corrected chi connectivity index (χ0v) is 13.5. The van der Waals surface area contributed by atoms with E-state index in [1.165, 1.54) is 4.31 Å². The number of nitrogens with one attached hydrogen (secondary N) is 2. The van der Waals surface area contributed by atoms with E-state index in [1.54, 1.807) is 0 Å². The van der Waals surface area contributed by atoms with E-state index in [-0.39, 0.29) is 17.7 Å². The first kappa shape index (κ1) is 17.4. The van der Waals surface area contributed by atoms with Crippen molar-refractivity contribution in [3.8, 4) is 0 Å². The van der Waals surface area contributed by atoms with Crippen molar-refractivity contribution >= 4 is 15.9 Å². The lowest BCUT2D eigenvalue weighted by atomic mass is 10.0. The monoisotopic (exact) mass is 305 g/mol. The lowest BCUT2D eigenvalue weighted by molar-refractivity contribution is -0.125. The summed E-state index contributed by atoms with van der Waals surface area (Å²) in [7, 11) is -1.49. The number of amides is 1. The molecular formula is C13H27N3O3S. The Morgan fingerprint density at radius 2 is 2.10 bits per heavy atom. The average Bonchev–Trinajstić information content (AvgIpc) is 2.44. The summed E-state index contributed by atoms with van der Waals surface area (Å²) in [6, 6.07) is -0.368. The van der Waals surface area contributed by atoms with Crippen molar-refractivity contribution in [2.45, 2.75) is 51.6 Å². The maximum atomic E-state index is 12.2. The molecule has 0 radical (unpaired) electrons. The Morgan fingerprint density at radius 3 is 2.70 bits per heavy atom. The van der Waals surface area contributed by atoms with E-state index in [0.717, 1.165) is 12.8 Å². The SMILES string of the molecule is CCCS(=O)(=O)N1CCCCC1C(=O)NCC(C)NC. The van der Waals surface area contributed by atoms with Crippen LogP contribution >= 0.6 is 0 Å². The van der Waals surface area contributed by atoms with Crippen LogP contribution in [0.5, 0.6) is 0 Å². The second-order valence-corrected chi connectivity index (χ2v) is 7.41. The summed E-state index contributed by atoms with van der Waals surface area (Å²) in [6.45, 7) is 4.77. The van der Waals surface area contributed by atoms with Crippen molar-refractivity contribution in [2.24, 2.45) is 0 Å². The van der Waals surface area contributed by atoms with Gasteiger partial charge in [-0.3, -0.25) is 4.79 Å². The van der Waals surface area contributed by atoms with Gasteiger partial charge in [0.25, 0.3) is 0 Å². The van der Waals surface area contributed by atoms with Crippen LogP contribution in [0.4, 0.5) is 0 Å². The van der Waals surface area contributed by atoms with E-state index < -0.39 is 16.1 Å². The number of hydrogen-bond donors (Lipinski definition) is 2. The van der Waals surface area contributed by atoms with Crippen LogP contribution in [-0.4, -0.2) is 56.6 Å². The molecular weight excluding hydrogens is 278 g/mol. The van der Waals surface area contributed by atoms with Crippen LogP contribution in [0, 0.1) is 0 Å². The highest BCUT2D eigenvalue weighted by Gasteiger charge is 2.35. The highest BCUT2D eigenvalue weighted by atomic mass is 32.2. The minimum Gasteiger partial charge on any atom is -0.353 e. The molecule has 0 aromatic heterocycles. The molecule has 6 nitrogen and oxygen atoms in total. The second-order valence-electron chi connectivity index (χ2n) is 5.37. The molecule has 7 heteroatoms. The summed E-state index contributed by atoms with van der Waals surface area (Å²) in [5, 5.41) is 5.88. The average molecular weight is 305 g/mol. The maximum Gasteiger partial charge on any atom is 0.238 e. The molecule has 1 saturated heterocycles. The zero-order chi connectivity index (χ0) is 15.2. The first-order valence-corrected chi connectivity index (χ1v) is 8.97. The Hall–Kier alpha value is -0.660. The Balaban J connectivity index is 2.71. The summed E-state index contributed by atoms with van der Waals surface area (Å²) in [5.74, 6) is -0.0598. The summed E-state index contributed by atoms with van der Waals surface area (Å²) < 4.78 is 25.9. The molecule has 0 spiro atoms. The van der Waals surface area contributed by atoms with Gasteiger partial charge in [0, 0.05) is 19.1 Å². The third kappa shape index (κ3) is 4.71. The summed E-state index contributed by atoms with van der Waals surface area (Å²) >= 11 is 0. The number of carbonyl (C=O) groups excluding carboxylic acids is 1. The lowest BCUT2D eigenvalue weighted by Crippen LogP contribution is -2.53. The van der Waals surface area contributed by atoms with Gasteiger partial charge >= 0.3 is 0 Å².